The number of hydrogen-bond donors (Lipinski definition) is 3. The number of carbonyl (C=O) groups excluding carboxylic acids is 1. The van der Waals surface area contributed by atoms with Crippen LogP contribution in [0.4, 0.5) is 10.5 Å². The highest BCUT2D eigenvalue weighted by Gasteiger charge is 2.39. The van der Waals surface area contributed by atoms with Gasteiger partial charge in [0.1, 0.15) is 0 Å². The molecule has 1 heterocycles. The molecule has 3 N–H and O–H groups in total. The summed E-state index contributed by atoms with van der Waals surface area (Å²) < 4.78 is 13.5. The van der Waals surface area contributed by atoms with Gasteiger partial charge in [-0.2, -0.15) is 0 Å². The number of aliphatic hydroxyl groups is 1. The number of aliphatic hydroxyl groups excluding tert-OH is 1. The standard InChI is InChI=1S/C41H43N3O4/c1-30-38(28-44(26-32-13-7-3-8-14-32)27-33-15-9-4-10-16-33)47-40(48-39(30)35-19-17-34(29-45)18-20-35)36-21-23-37(24-22-36)43-41(46)42-25-31-11-5-2-6-12-31/h2-24,30,38-40,45H,25-29H2,1H3,(H2,42,43,46)/t30-,38+,39+,40+/m1/s1. The van der Waals surface area contributed by atoms with Gasteiger partial charge in [0, 0.05) is 43.3 Å². The maximum absolute atomic E-state index is 12.6. The minimum absolute atomic E-state index is 0.00564. The van der Waals surface area contributed by atoms with E-state index in [2.05, 4.69) is 71.0 Å². The zero-order chi connectivity index (χ0) is 33.1. The lowest BCUT2D eigenvalue weighted by Crippen LogP contribution is -2.44. The van der Waals surface area contributed by atoms with E-state index in [1.165, 1.54) is 11.1 Å². The third-order valence-electron chi connectivity index (χ3n) is 8.80. The van der Waals surface area contributed by atoms with Crippen LogP contribution in [-0.2, 0) is 35.7 Å². The minimum atomic E-state index is -0.607. The zero-order valence-corrected chi connectivity index (χ0v) is 27.2. The number of carbonyl (C=O) groups is 1. The predicted octanol–water partition coefficient (Wildman–Crippen LogP) is 7.99. The third kappa shape index (κ3) is 8.97. The Balaban J connectivity index is 1.20. The summed E-state index contributed by atoms with van der Waals surface area (Å²) in [6, 6.07) is 46.2. The number of amides is 2. The number of nitrogens with zero attached hydrogens (tertiary/aromatic N) is 1. The Labute approximate surface area is 283 Å². The highest BCUT2D eigenvalue weighted by atomic mass is 16.7. The van der Waals surface area contributed by atoms with Crippen LogP contribution < -0.4 is 10.6 Å². The zero-order valence-electron chi connectivity index (χ0n) is 27.2. The number of anilines is 1. The molecule has 0 spiro atoms. The summed E-state index contributed by atoms with van der Waals surface area (Å²) in [7, 11) is 0. The molecule has 0 radical (unpaired) electrons. The Bertz CT molecular complexity index is 1660. The number of hydrogen-bond acceptors (Lipinski definition) is 5. The van der Waals surface area contributed by atoms with Crippen molar-refractivity contribution < 1.29 is 19.4 Å². The van der Waals surface area contributed by atoms with E-state index >= 15 is 0 Å². The second-order valence-corrected chi connectivity index (χ2v) is 12.4. The van der Waals surface area contributed by atoms with Gasteiger partial charge in [-0.1, -0.05) is 134 Å². The van der Waals surface area contributed by atoms with Crippen molar-refractivity contribution in [2.45, 2.75) is 51.7 Å². The summed E-state index contributed by atoms with van der Waals surface area (Å²) in [4.78, 5) is 15.0. The molecule has 1 saturated heterocycles. The molecule has 4 atom stereocenters. The van der Waals surface area contributed by atoms with E-state index in [4.69, 9.17) is 9.47 Å². The normalized spacial score (nSPS) is 19.1. The summed E-state index contributed by atoms with van der Waals surface area (Å²) in [5, 5.41) is 15.5. The van der Waals surface area contributed by atoms with Gasteiger partial charge in [0.05, 0.1) is 18.8 Å². The van der Waals surface area contributed by atoms with Gasteiger partial charge < -0.3 is 25.2 Å². The van der Waals surface area contributed by atoms with E-state index in [-0.39, 0.29) is 30.8 Å². The van der Waals surface area contributed by atoms with E-state index in [0.29, 0.717) is 18.8 Å². The molecule has 2 amide bonds. The van der Waals surface area contributed by atoms with Crippen LogP contribution in [0.25, 0.3) is 0 Å². The molecule has 0 aliphatic carbocycles. The van der Waals surface area contributed by atoms with Crippen LogP contribution in [0.5, 0.6) is 0 Å². The Hall–Kier alpha value is -4.79. The number of urea groups is 1. The van der Waals surface area contributed by atoms with E-state index in [1.807, 2.05) is 91.0 Å². The molecule has 0 bridgehead atoms. The third-order valence-corrected chi connectivity index (χ3v) is 8.80. The van der Waals surface area contributed by atoms with Gasteiger partial charge in [0.2, 0.25) is 0 Å². The predicted molar refractivity (Wildman–Crippen MR) is 189 cm³/mol. The Kier molecular flexibility index (Phi) is 11.3. The van der Waals surface area contributed by atoms with Gasteiger partial charge >= 0.3 is 6.03 Å². The molecule has 0 aromatic heterocycles. The first-order valence-corrected chi connectivity index (χ1v) is 16.5. The first-order chi connectivity index (χ1) is 23.5. The molecule has 1 aliphatic heterocycles. The topological polar surface area (TPSA) is 83.1 Å². The molecule has 246 valence electrons. The molecule has 6 rings (SSSR count). The maximum Gasteiger partial charge on any atom is 0.319 e. The van der Waals surface area contributed by atoms with Gasteiger partial charge in [-0.25, -0.2) is 4.79 Å². The molecule has 5 aromatic rings. The molecular weight excluding hydrogens is 598 g/mol. The highest BCUT2D eigenvalue weighted by molar-refractivity contribution is 5.89. The van der Waals surface area contributed by atoms with Crippen molar-refractivity contribution in [2.24, 2.45) is 5.92 Å². The largest absolute Gasteiger partial charge is 0.392 e. The minimum Gasteiger partial charge on any atom is -0.392 e. The average molecular weight is 642 g/mol. The van der Waals surface area contributed by atoms with Crippen molar-refractivity contribution >= 4 is 11.7 Å². The Morgan fingerprint density at radius 2 is 1.21 bits per heavy atom. The van der Waals surface area contributed by atoms with E-state index in [1.54, 1.807) is 0 Å². The molecule has 5 aromatic carbocycles. The van der Waals surface area contributed by atoms with E-state index in [9.17, 15) is 9.90 Å². The molecule has 1 fully saturated rings. The van der Waals surface area contributed by atoms with Crippen molar-refractivity contribution in [1.82, 2.24) is 10.2 Å². The Morgan fingerprint density at radius 3 is 1.77 bits per heavy atom. The van der Waals surface area contributed by atoms with Crippen molar-refractivity contribution in [3.8, 4) is 0 Å². The van der Waals surface area contributed by atoms with Crippen molar-refractivity contribution in [3.05, 3.63) is 173 Å². The lowest BCUT2D eigenvalue weighted by molar-refractivity contribution is -0.276. The van der Waals surface area contributed by atoms with Crippen LogP contribution in [0, 0.1) is 5.92 Å². The molecule has 7 heteroatoms. The summed E-state index contributed by atoms with van der Waals surface area (Å²) in [6.07, 6.45) is -0.969. The van der Waals surface area contributed by atoms with Crippen LogP contribution >= 0.6 is 0 Å². The lowest BCUT2D eigenvalue weighted by atomic mass is 9.89. The number of nitrogens with one attached hydrogen (secondary N) is 2. The number of ether oxygens (including phenoxy) is 2. The van der Waals surface area contributed by atoms with Crippen LogP contribution in [0.3, 0.4) is 0 Å². The second kappa shape index (κ2) is 16.4. The van der Waals surface area contributed by atoms with Gasteiger partial charge in [-0.3, -0.25) is 4.90 Å². The fraction of sp³-hybridized carbons (Fsp3) is 0.244. The van der Waals surface area contributed by atoms with Gasteiger partial charge in [-0.05, 0) is 39.9 Å². The molecule has 0 saturated carbocycles. The summed E-state index contributed by atoms with van der Waals surface area (Å²) >= 11 is 0. The van der Waals surface area contributed by atoms with Gasteiger partial charge in [0.25, 0.3) is 0 Å². The van der Waals surface area contributed by atoms with E-state index in [0.717, 1.165) is 35.3 Å². The molecule has 1 aliphatic rings. The second-order valence-electron chi connectivity index (χ2n) is 12.4. The SMILES string of the molecule is C[C@@H]1[C@H](CN(Cc2ccccc2)Cc2ccccc2)O[C@H](c2ccc(NC(=O)NCc3ccccc3)cc2)O[C@@H]1c1ccc(CO)cc1. The van der Waals surface area contributed by atoms with Crippen molar-refractivity contribution in [1.29, 1.82) is 0 Å². The Morgan fingerprint density at radius 1 is 0.667 bits per heavy atom. The smallest absolute Gasteiger partial charge is 0.319 e. The van der Waals surface area contributed by atoms with Crippen LogP contribution in [0.2, 0.25) is 0 Å². The fourth-order valence-electron chi connectivity index (χ4n) is 6.13. The first kappa shape index (κ1) is 33.1. The van der Waals surface area contributed by atoms with Crippen LogP contribution in [0.1, 0.15) is 52.7 Å². The summed E-state index contributed by atoms with van der Waals surface area (Å²) in [5.41, 5.74) is 6.98. The van der Waals surface area contributed by atoms with Crippen LogP contribution in [0.15, 0.2) is 140 Å². The number of benzene rings is 5. The quantitative estimate of drug-likeness (QED) is 0.129. The fourth-order valence-corrected chi connectivity index (χ4v) is 6.13. The summed E-state index contributed by atoms with van der Waals surface area (Å²) in [6.45, 7) is 4.91. The van der Waals surface area contributed by atoms with Gasteiger partial charge in [-0.15, -0.1) is 0 Å². The van der Waals surface area contributed by atoms with E-state index < -0.39 is 6.29 Å². The maximum atomic E-state index is 12.6. The van der Waals surface area contributed by atoms with Crippen molar-refractivity contribution in [3.63, 3.8) is 0 Å². The van der Waals surface area contributed by atoms with Gasteiger partial charge in [0.15, 0.2) is 6.29 Å². The van der Waals surface area contributed by atoms with Crippen molar-refractivity contribution in [2.75, 3.05) is 11.9 Å². The lowest BCUT2D eigenvalue weighted by Gasteiger charge is -2.43. The first-order valence-electron chi connectivity index (χ1n) is 16.5. The molecule has 7 nitrogen and oxygen atoms in total. The number of rotatable bonds is 12. The average Bonchev–Trinajstić information content (AvgIpc) is 3.13. The molecular formula is C41H43N3O4. The molecule has 48 heavy (non-hydrogen) atoms. The highest BCUT2D eigenvalue weighted by Crippen LogP contribution is 2.42. The molecule has 0 unspecified atom stereocenters. The van der Waals surface area contributed by atoms with Crippen LogP contribution in [-0.4, -0.2) is 28.7 Å². The monoisotopic (exact) mass is 641 g/mol. The summed E-state index contributed by atoms with van der Waals surface area (Å²) in [5.74, 6) is 0.0459.